The van der Waals surface area contributed by atoms with E-state index in [0.29, 0.717) is 0 Å². The number of hydrogen-bond donors (Lipinski definition) is 0. The summed E-state index contributed by atoms with van der Waals surface area (Å²) in [5.41, 5.74) is 0. The van der Waals surface area contributed by atoms with Crippen LogP contribution in [0.15, 0.2) is 85.1 Å². The van der Waals surface area contributed by atoms with Crippen molar-refractivity contribution >= 4 is 0 Å². The first-order chi connectivity index (χ1) is 9.50. The Morgan fingerprint density at radius 3 is 1.00 bits per heavy atom. The molecule has 1 rings (SSSR count). The third-order valence-corrected chi connectivity index (χ3v) is 2.74. The van der Waals surface area contributed by atoms with Crippen LogP contribution >= 0.6 is 0 Å². The minimum Gasteiger partial charge on any atom is -0.0845 e. The third kappa shape index (κ3) is 11.0. The van der Waals surface area contributed by atoms with E-state index in [0.717, 1.165) is 0 Å². The molecule has 0 radical (unpaired) electrons. The van der Waals surface area contributed by atoms with Gasteiger partial charge in [0.2, 0.25) is 0 Å². The first kappa shape index (κ1) is 15.2. The minimum absolute atomic E-state index is 1.18. The van der Waals surface area contributed by atoms with Crippen molar-refractivity contribution in [2.24, 2.45) is 0 Å². The van der Waals surface area contributed by atoms with Gasteiger partial charge in [-0.1, -0.05) is 91.5 Å². The molecule has 0 N–H and O–H groups in total. The van der Waals surface area contributed by atoms with Crippen LogP contribution in [0.1, 0.15) is 32.1 Å². The molecule has 0 nitrogen and oxygen atoms in total. The topological polar surface area (TPSA) is 0 Å². The lowest BCUT2D eigenvalue weighted by Crippen LogP contribution is -1.74. The Kier molecular flexibility index (Phi) is 10.1. The molecular weight excluding hydrogens is 228 g/mol. The van der Waals surface area contributed by atoms with E-state index in [-0.39, 0.29) is 0 Å². The normalized spacial score (nSPS) is 28.2. The van der Waals surface area contributed by atoms with Crippen molar-refractivity contribution in [1.29, 1.82) is 0 Å². The van der Waals surface area contributed by atoms with Gasteiger partial charge in [0.25, 0.3) is 0 Å². The molecule has 0 saturated heterocycles. The van der Waals surface area contributed by atoms with Gasteiger partial charge in [0.15, 0.2) is 0 Å². The van der Waals surface area contributed by atoms with Gasteiger partial charge in [0.05, 0.1) is 0 Å². The zero-order chi connectivity index (χ0) is 13.4. The van der Waals surface area contributed by atoms with Crippen molar-refractivity contribution in [3.05, 3.63) is 85.1 Å². The van der Waals surface area contributed by atoms with Gasteiger partial charge in [-0.15, -0.1) is 0 Å². The summed E-state index contributed by atoms with van der Waals surface area (Å²) >= 11 is 0. The van der Waals surface area contributed by atoms with Gasteiger partial charge in [-0.2, -0.15) is 0 Å². The average Bonchev–Trinajstić information content (AvgIpc) is 2.43. The molecule has 0 unspecified atom stereocenters. The van der Waals surface area contributed by atoms with Crippen molar-refractivity contribution < 1.29 is 0 Å². The Balaban J connectivity index is 2.47. The summed E-state index contributed by atoms with van der Waals surface area (Å²) in [5, 5.41) is 0. The van der Waals surface area contributed by atoms with Gasteiger partial charge in [0.1, 0.15) is 0 Å². The van der Waals surface area contributed by atoms with Crippen LogP contribution in [0.5, 0.6) is 0 Å². The predicted octanol–water partition coefficient (Wildman–Crippen LogP) is 5.84. The summed E-state index contributed by atoms with van der Waals surface area (Å²) in [6.45, 7) is 0. The van der Waals surface area contributed by atoms with Gasteiger partial charge < -0.3 is 0 Å². The Morgan fingerprint density at radius 2 is 0.632 bits per heavy atom. The SMILES string of the molecule is C1=CCCCCC\C=C/C=C\C=C/C=C\C=C/C=C\1. The molecule has 0 atom stereocenters. The standard InChI is InChI=1S/C19H24/c1-2-4-6-8-10-12-14-16-18-19-17-15-13-11-9-7-5-3-1/h1-14H,15-19H2/b2-1-,5-3-,6-4-,9-7-,10-8-,13-11-,14-12?. The van der Waals surface area contributed by atoms with Gasteiger partial charge in [-0.25, -0.2) is 0 Å². The van der Waals surface area contributed by atoms with Crippen LogP contribution in [0, 0.1) is 0 Å². The van der Waals surface area contributed by atoms with E-state index >= 15 is 0 Å². The quantitative estimate of drug-likeness (QED) is 0.507. The van der Waals surface area contributed by atoms with Crippen LogP contribution in [-0.2, 0) is 0 Å². The van der Waals surface area contributed by atoms with Gasteiger partial charge in [-0.05, 0) is 25.7 Å². The maximum absolute atomic E-state index is 2.25. The predicted molar refractivity (Wildman–Crippen MR) is 87.1 cm³/mol. The molecule has 1 aliphatic rings. The molecule has 0 aromatic carbocycles. The lowest BCUT2D eigenvalue weighted by molar-refractivity contribution is 0.696. The summed E-state index contributed by atoms with van der Waals surface area (Å²) in [5.74, 6) is 0. The highest BCUT2D eigenvalue weighted by Crippen LogP contribution is 2.04. The average molecular weight is 252 g/mol. The second-order valence-electron chi connectivity index (χ2n) is 4.42. The zero-order valence-electron chi connectivity index (χ0n) is 11.6. The van der Waals surface area contributed by atoms with Crippen LogP contribution < -0.4 is 0 Å². The largest absolute Gasteiger partial charge is 0.0845 e. The van der Waals surface area contributed by atoms with E-state index in [1.807, 2.05) is 36.5 Å². The molecule has 0 aliphatic heterocycles. The lowest BCUT2D eigenvalue weighted by Gasteiger charge is -1.94. The molecule has 19 heavy (non-hydrogen) atoms. The fraction of sp³-hybridized carbons (Fsp3) is 0.263. The molecule has 0 amide bonds. The summed E-state index contributed by atoms with van der Waals surface area (Å²) in [7, 11) is 0. The Hall–Kier alpha value is -1.82. The summed E-state index contributed by atoms with van der Waals surface area (Å²) < 4.78 is 0. The highest BCUT2D eigenvalue weighted by Gasteiger charge is 1.84. The van der Waals surface area contributed by atoms with Crippen molar-refractivity contribution in [1.82, 2.24) is 0 Å². The second-order valence-corrected chi connectivity index (χ2v) is 4.42. The molecule has 0 heterocycles. The maximum atomic E-state index is 2.25. The molecule has 0 aromatic heterocycles. The number of rotatable bonds is 0. The monoisotopic (exact) mass is 252 g/mol. The van der Waals surface area contributed by atoms with Gasteiger partial charge in [-0.3, -0.25) is 0 Å². The van der Waals surface area contributed by atoms with Crippen LogP contribution in [0.25, 0.3) is 0 Å². The third-order valence-electron chi connectivity index (χ3n) is 2.74. The fourth-order valence-electron chi connectivity index (χ4n) is 1.69. The number of hydrogen-bond acceptors (Lipinski definition) is 0. The summed E-state index contributed by atoms with van der Waals surface area (Å²) in [6, 6.07) is 0. The first-order valence-corrected chi connectivity index (χ1v) is 7.15. The molecule has 0 aromatic rings. The van der Waals surface area contributed by atoms with E-state index in [1.165, 1.54) is 32.1 Å². The molecule has 100 valence electrons. The number of allylic oxidation sites excluding steroid dienone is 14. The van der Waals surface area contributed by atoms with Gasteiger partial charge >= 0.3 is 0 Å². The molecule has 0 spiro atoms. The first-order valence-electron chi connectivity index (χ1n) is 7.15. The van der Waals surface area contributed by atoms with Gasteiger partial charge in [0, 0.05) is 0 Å². The van der Waals surface area contributed by atoms with E-state index in [1.54, 1.807) is 0 Å². The molecule has 0 bridgehead atoms. The fourth-order valence-corrected chi connectivity index (χ4v) is 1.69. The van der Waals surface area contributed by atoms with Crippen LogP contribution in [0.3, 0.4) is 0 Å². The second kappa shape index (κ2) is 12.6. The van der Waals surface area contributed by atoms with E-state index in [2.05, 4.69) is 48.6 Å². The highest BCUT2D eigenvalue weighted by molar-refractivity contribution is 5.20. The lowest BCUT2D eigenvalue weighted by atomic mass is 10.1. The van der Waals surface area contributed by atoms with Crippen molar-refractivity contribution in [3.63, 3.8) is 0 Å². The Morgan fingerprint density at radius 1 is 0.316 bits per heavy atom. The maximum Gasteiger partial charge on any atom is -0.0348 e. The van der Waals surface area contributed by atoms with E-state index < -0.39 is 0 Å². The zero-order valence-corrected chi connectivity index (χ0v) is 11.6. The summed E-state index contributed by atoms with van der Waals surface area (Å²) in [4.78, 5) is 0. The van der Waals surface area contributed by atoms with Crippen molar-refractivity contribution in [2.75, 3.05) is 0 Å². The summed E-state index contributed by atoms with van der Waals surface area (Å²) in [6.07, 6.45) is 35.5. The minimum atomic E-state index is 1.18. The van der Waals surface area contributed by atoms with E-state index in [9.17, 15) is 0 Å². The molecule has 1 aliphatic carbocycles. The molecular formula is C19H24. The highest BCUT2D eigenvalue weighted by atomic mass is 13.9. The molecule has 0 fully saturated rings. The van der Waals surface area contributed by atoms with E-state index in [4.69, 9.17) is 0 Å². The van der Waals surface area contributed by atoms with Crippen LogP contribution in [0.4, 0.5) is 0 Å². The van der Waals surface area contributed by atoms with Crippen molar-refractivity contribution in [3.8, 4) is 0 Å². The van der Waals surface area contributed by atoms with Crippen molar-refractivity contribution in [2.45, 2.75) is 32.1 Å². The van der Waals surface area contributed by atoms with Crippen LogP contribution in [0.2, 0.25) is 0 Å². The Labute approximate surface area is 117 Å². The molecule has 0 heteroatoms. The smallest absolute Gasteiger partial charge is 0.0348 e. The molecule has 0 saturated carbocycles. The van der Waals surface area contributed by atoms with Crippen LogP contribution in [-0.4, -0.2) is 0 Å². The Bertz CT molecular complexity index is 360.